The summed E-state index contributed by atoms with van der Waals surface area (Å²) in [5, 5.41) is 1.03. The summed E-state index contributed by atoms with van der Waals surface area (Å²) in [6.07, 6.45) is 0. The third-order valence-corrected chi connectivity index (χ3v) is 4.79. The van der Waals surface area contributed by atoms with E-state index in [1.165, 1.54) is 6.07 Å². The first-order valence-electron chi connectivity index (χ1n) is 6.14. The normalized spacial score (nSPS) is 12.3. The fraction of sp³-hybridized carbons (Fsp3) is 0.200. The van der Waals surface area contributed by atoms with E-state index in [4.69, 9.17) is 39.5 Å². The zero-order valence-electron chi connectivity index (χ0n) is 11.0. The Hall–Kier alpha value is -0.480. The molecule has 1 unspecified atom stereocenters. The smallest absolute Gasteiger partial charge is 0.141 e. The standard InChI is InChI=1S/C15H11BrCl3FO/c1-2-21-14-7-10(17)9(6-12(14)19)15(16)8-3-4-13(20)11(18)5-8/h3-7,15H,2H2,1H3. The molecule has 0 saturated heterocycles. The van der Waals surface area contributed by atoms with E-state index in [9.17, 15) is 4.39 Å². The second-order valence-corrected chi connectivity index (χ2v) is 6.41. The van der Waals surface area contributed by atoms with Gasteiger partial charge in [-0.15, -0.1) is 0 Å². The fourth-order valence-corrected chi connectivity index (χ4v) is 3.33. The number of benzene rings is 2. The van der Waals surface area contributed by atoms with Crippen LogP contribution in [-0.2, 0) is 0 Å². The molecule has 0 aliphatic heterocycles. The van der Waals surface area contributed by atoms with Crippen LogP contribution in [0.25, 0.3) is 0 Å². The summed E-state index contributed by atoms with van der Waals surface area (Å²) in [5.74, 6) is 0.0701. The molecule has 21 heavy (non-hydrogen) atoms. The quantitative estimate of drug-likeness (QED) is 0.510. The minimum Gasteiger partial charge on any atom is -0.492 e. The van der Waals surface area contributed by atoms with Gasteiger partial charge in [0.1, 0.15) is 11.6 Å². The monoisotopic (exact) mass is 410 g/mol. The third-order valence-electron chi connectivity index (χ3n) is 2.86. The average Bonchev–Trinajstić information content (AvgIpc) is 2.45. The Morgan fingerprint density at radius 2 is 1.81 bits per heavy atom. The Morgan fingerprint density at radius 3 is 2.43 bits per heavy atom. The van der Waals surface area contributed by atoms with Gasteiger partial charge in [-0.3, -0.25) is 0 Å². The summed E-state index contributed by atoms with van der Waals surface area (Å²) < 4.78 is 18.6. The number of halogens is 5. The van der Waals surface area contributed by atoms with Crippen LogP contribution in [0.4, 0.5) is 4.39 Å². The predicted octanol–water partition coefficient (Wildman–Crippen LogP) is 6.67. The number of hydrogen-bond acceptors (Lipinski definition) is 1. The first kappa shape index (κ1) is 16.9. The van der Waals surface area contributed by atoms with Gasteiger partial charge in [-0.25, -0.2) is 4.39 Å². The molecule has 0 radical (unpaired) electrons. The van der Waals surface area contributed by atoms with Crippen molar-refractivity contribution in [3.63, 3.8) is 0 Å². The van der Waals surface area contributed by atoms with Crippen molar-refractivity contribution >= 4 is 50.7 Å². The van der Waals surface area contributed by atoms with Gasteiger partial charge >= 0.3 is 0 Å². The molecule has 2 rings (SSSR count). The molecule has 0 N–H and O–H groups in total. The zero-order chi connectivity index (χ0) is 15.6. The molecule has 1 nitrogen and oxygen atoms in total. The van der Waals surface area contributed by atoms with Crippen molar-refractivity contribution in [1.29, 1.82) is 0 Å². The molecule has 0 fully saturated rings. The van der Waals surface area contributed by atoms with Crippen LogP contribution in [0, 0.1) is 5.82 Å². The van der Waals surface area contributed by atoms with Gasteiger partial charge in [-0.05, 0) is 36.2 Å². The Kier molecular flexibility index (Phi) is 5.78. The van der Waals surface area contributed by atoms with Crippen LogP contribution in [0.1, 0.15) is 22.9 Å². The van der Waals surface area contributed by atoms with Crippen molar-refractivity contribution in [2.24, 2.45) is 0 Å². The van der Waals surface area contributed by atoms with Crippen molar-refractivity contribution in [1.82, 2.24) is 0 Å². The van der Waals surface area contributed by atoms with Gasteiger partial charge in [0, 0.05) is 11.1 Å². The highest BCUT2D eigenvalue weighted by atomic mass is 79.9. The van der Waals surface area contributed by atoms with Crippen LogP contribution < -0.4 is 4.74 Å². The number of alkyl halides is 1. The summed E-state index contributed by atoms with van der Waals surface area (Å²) in [6, 6.07) is 7.90. The molecule has 1 atom stereocenters. The van der Waals surface area contributed by atoms with Crippen LogP contribution in [0.15, 0.2) is 30.3 Å². The lowest BCUT2D eigenvalue weighted by atomic mass is 10.0. The van der Waals surface area contributed by atoms with Crippen molar-refractivity contribution in [2.75, 3.05) is 6.61 Å². The van der Waals surface area contributed by atoms with Gasteiger partial charge in [-0.1, -0.05) is 56.8 Å². The summed E-state index contributed by atoms with van der Waals surface area (Å²) in [5.41, 5.74) is 1.54. The first-order valence-corrected chi connectivity index (χ1v) is 8.19. The maximum Gasteiger partial charge on any atom is 0.141 e. The lowest BCUT2D eigenvalue weighted by molar-refractivity contribution is 0.340. The largest absolute Gasteiger partial charge is 0.492 e. The van der Waals surface area contributed by atoms with E-state index < -0.39 is 5.82 Å². The average molecular weight is 413 g/mol. The molecule has 2 aromatic carbocycles. The van der Waals surface area contributed by atoms with E-state index in [0.29, 0.717) is 22.4 Å². The second-order valence-electron chi connectivity index (χ2n) is 4.27. The molecule has 112 valence electrons. The molecule has 0 saturated carbocycles. The van der Waals surface area contributed by atoms with E-state index in [1.54, 1.807) is 24.3 Å². The summed E-state index contributed by atoms with van der Waals surface area (Å²) >= 11 is 21.8. The summed E-state index contributed by atoms with van der Waals surface area (Å²) in [4.78, 5) is -0.253. The minimum atomic E-state index is -0.462. The highest BCUT2D eigenvalue weighted by Crippen LogP contribution is 2.40. The number of rotatable bonds is 4. The molecular formula is C15H11BrCl3FO. The summed E-state index contributed by atoms with van der Waals surface area (Å²) in [7, 11) is 0. The molecule has 0 heterocycles. The molecule has 2 aromatic rings. The number of hydrogen-bond donors (Lipinski definition) is 0. The lowest BCUT2D eigenvalue weighted by Crippen LogP contribution is -1.98. The van der Waals surface area contributed by atoms with Gasteiger partial charge in [0.05, 0.1) is 21.5 Å². The second kappa shape index (κ2) is 7.19. The van der Waals surface area contributed by atoms with E-state index in [1.807, 2.05) is 6.92 Å². The maximum atomic E-state index is 13.2. The topological polar surface area (TPSA) is 9.23 Å². The third kappa shape index (κ3) is 3.84. The van der Waals surface area contributed by atoms with Gasteiger partial charge in [0.25, 0.3) is 0 Å². The molecule has 0 bridgehead atoms. The molecule has 0 spiro atoms. The molecule has 0 aromatic heterocycles. The molecule has 0 amide bonds. The number of ether oxygens (including phenoxy) is 1. The van der Waals surface area contributed by atoms with E-state index in [0.717, 1.165) is 11.1 Å². The van der Waals surface area contributed by atoms with Crippen LogP contribution in [0.5, 0.6) is 5.75 Å². The van der Waals surface area contributed by atoms with E-state index >= 15 is 0 Å². The van der Waals surface area contributed by atoms with Gasteiger partial charge in [0.2, 0.25) is 0 Å². The zero-order valence-corrected chi connectivity index (χ0v) is 14.8. The van der Waals surface area contributed by atoms with Crippen LogP contribution >= 0.6 is 50.7 Å². The molecule has 6 heteroatoms. The molecular weight excluding hydrogens is 401 g/mol. The lowest BCUT2D eigenvalue weighted by Gasteiger charge is -2.15. The maximum absolute atomic E-state index is 13.2. The summed E-state index contributed by atoms with van der Waals surface area (Å²) in [6.45, 7) is 2.37. The highest BCUT2D eigenvalue weighted by molar-refractivity contribution is 9.09. The Bertz CT molecular complexity index is 664. The first-order chi connectivity index (χ1) is 9.93. The SMILES string of the molecule is CCOc1cc(Cl)c(C(Br)c2ccc(F)c(Cl)c2)cc1Cl. The van der Waals surface area contributed by atoms with Crippen molar-refractivity contribution < 1.29 is 9.13 Å². The van der Waals surface area contributed by atoms with E-state index in [2.05, 4.69) is 15.9 Å². The van der Waals surface area contributed by atoms with Crippen molar-refractivity contribution in [2.45, 2.75) is 11.8 Å². The van der Waals surface area contributed by atoms with Crippen molar-refractivity contribution in [3.05, 3.63) is 62.3 Å². The minimum absolute atomic E-state index is 0.0603. The Balaban J connectivity index is 2.40. The highest BCUT2D eigenvalue weighted by Gasteiger charge is 2.18. The Labute approximate surface area is 146 Å². The van der Waals surface area contributed by atoms with Gasteiger partial charge in [-0.2, -0.15) is 0 Å². The van der Waals surface area contributed by atoms with Crippen LogP contribution in [-0.4, -0.2) is 6.61 Å². The van der Waals surface area contributed by atoms with Crippen LogP contribution in [0.3, 0.4) is 0 Å². The fourth-order valence-electron chi connectivity index (χ4n) is 1.85. The van der Waals surface area contributed by atoms with Gasteiger partial charge in [0.15, 0.2) is 0 Å². The molecule has 0 aliphatic rings. The van der Waals surface area contributed by atoms with E-state index in [-0.39, 0.29) is 9.85 Å². The van der Waals surface area contributed by atoms with Gasteiger partial charge < -0.3 is 4.74 Å². The molecule has 0 aliphatic carbocycles. The predicted molar refractivity (Wildman–Crippen MR) is 89.8 cm³/mol. The van der Waals surface area contributed by atoms with Crippen molar-refractivity contribution in [3.8, 4) is 5.75 Å². The van der Waals surface area contributed by atoms with Crippen LogP contribution in [0.2, 0.25) is 15.1 Å². The Morgan fingerprint density at radius 1 is 1.10 bits per heavy atom.